The van der Waals surface area contributed by atoms with Crippen molar-refractivity contribution in [1.82, 2.24) is 9.78 Å². The summed E-state index contributed by atoms with van der Waals surface area (Å²) in [4.78, 5) is 0. The number of hydrogen-bond acceptors (Lipinski definition) is 2. The predicted molar refractivity (Wildman–Crippen MR) is 66.4 cm³/mol. The Labute approximate surface area is 111 Å². The Morgan fingerprint density at radius 3 is 2.76 bits per heavy atom. The highest BCUT2D eigenvalue weighted by Crippen LogP contribution is 2.32. The fourth-order valence-electron chi connectivity index (χ4n) is 1.60. The summed E-state index contributed by atoms with van der Waals surface area (Å²) in [6.07, 6.45) is 0.626. The molecule has 0 spiro atoms. The van der Waals surface area contributed by atoms with Crippen LogP contribution in [0.15, 0.2) is 28.9 Å². The molecule has 0 radical (unpaired) electrons. The zero-order chi connectivity index (χ0) is 12.6. The standard InChI is InChI=1S/C11H9BrClFN2O/c1-16-10(8(12)5-15-16)11(17)7-3-2-6(14)4-9(7)13/h2-5,11,17H,1H3. The highest BCUT2D eigenvalue weighted by atomic mass is 79.9. The quantitative estimate of drug-likeness (QED) is 0.924. The van der Waals surface area contributed by atoms with Gasteiger partial charge in [0.15, 0.2) is 0 Å². The number of nitrogens with zero attached hydrogens (tertiary/aromatic N) is 2. The SMILES string of the molecule is Cn1ncc(Br)c1C(O)c1ccc(F)cc1Cl. The van der Waals surface area contributed by atoms with E-state index in [0.29, 0.717) is 15.7 Å². The molecule has 0 amide bonds. The van der Waals surface area contributed by atoms with Crippen molar-refractivity contribution in [1.29, 1.82) is 0 Å². The van der Waals surface area contributed by atoms with E-state index >= 15 is 0 Å². The highest BCUT2D eigenvalue weighted by molar-refractivity contribution is 9.10. The number of aliphatic hydroxyl groups is 1. The summed E-state index contributed by atoms with van der Waals surface area (Å²) in [5.41, 5.74) is 1.01. The Kier molecular flexibility index (Phi) is 3.51. The van der Waals surface area contributed by atoms with Gasteiger partial charge in [-0.15, -0.1) is 0 Å². The predicted octanol–water partition coefficient (Wildman–Crippen LogP) is 3.06. The second kappa shape index (κ2) is 4.76. The fourth-order valence-corrected chi connectivity index (χ4v) is 2.43. The third-order valence-electron chi connectivity index (χ3n) is 2.45. The number of hydrogen-bond donors (Lipinski definition) is 1. The first-order valence-electron chi connectivity index (χ1n) is 4.81. The molecule has 2 rings (SSSR count). The van der Waals surface area contributed by atoms with Gasteiger partial charge in [0.1, 0.15) is 11.9 Å². The molecule has 1 unspecified atom stereocenters. The van der Waals surface area contributed by atoms with E-state index in [1.807, 2.05) is 0 Å². The van der Waals surface area contributed by atoms with Crippen molar-refractivity contribution in [2.24, 2.45) is 7.05 Å². The third-order valence-corrected chi connectivity index (χ3v) is 3.39. The van der Waals surface area contributed by atoms with E-state index in [2.05, 4.69) is 21.0 Å². The molecule has 0 aliphatic carbocycles. The molecule has 0 aliphatic rings. The minimum Gasteiger partial charge on any atom is -0.382 e. The van der Waals surface area contributed by atoms with Crippen LogP contribution in [0, 0.1) is 5.82 Å². The minimum absolute atomic E-state index is 0.186. The van der Waals surface area contributed by atoms with E-state index in [1.165, 1.54) is 22.9 Å². The van der Waals surface area contributed by atoms with Gasteiger partial charge in [-0.25, -0.2) is 4.39 Å². The molecule has 1 aromatic carbocycles. The van der Waals surface area contributed by atoms with Crippen LogP contribution in [-0.2, 0) is 7.05 Å². The van der Waals surface area contributed by atoms with Crippen molar-refractivity contribution in [3.8, 4) is 0 Å². The Morgan fingerprint density at radius 2 is 2.24 bits per heavy atom. The smallest absolute Gasteiger partial charge is 0.124 e. The number of aryl methyl sites for hydroxylation is 1. The van der Waals surface area contributed by atoms with E-state index in [0.717, 1.165) is 0 Å². The minimum atomic E-state index is -0.954. The second-order valence-corrected chi connectivity index (χ2v) is 4.83. The Bertz CT molecular complexity index is 539. The van der Waals surface area contributed by atoms with Crippen LogP contribution in [0.4, 0.5) is 4.39 Å². The van der Waals surface area contributed by atoms with E-state index in [4.69, 9.17) is 11.6 Å². The van der Waals surface area contributed by atoms with E-state index in [1.54, 1.807) is 13.2 Å². The van der Waals surface area contributed by atoms with E-state index in [9.17, 15) is 9.50 Å². The molecule has 6 heteroatoms. The lowest BCUT2D eigenvalue weighted by Crippen LogP contribution is -2.08. The van der Waals surface area contributed by atoms with Gasteiger partial charge >= 0.3 is 0 Å². The summed E-state index contributed by atoms with van der Waals surface area (Å²) >= 11 is 9.19. The lowest BCUT2D eigenvalue weighted by atomic mass is 10.1. The fraction of sp³-hybridized carbons (Fsp3) is 0.182. The average molecular weight is 320 g/mol. The maximum atomic E-state index is 12.9. The van der Waals surface area contributed by atoms with Crippen LogP contribution in [0.1, 0.15) is 17.4 Å². The number of aromatic nitrogens is 2. The lowest BCUT2D eigenvalue weighted by molar-refractivity contribution is 0.209. The van der Waals surface area contributed by atoms with Crippen molar-refractivity contribution in [2.75, 3.05) is 0 Å². The first-order valence-corrected chi connectivity index (χ1v) is 5.98. The molecule has 0 aliphatic heterocycles. The van der Waals surface area contributed by atoms with Crippen molar-refractivity contribution in [3.05, 3.63) is 51.0 Å². The van der Waals surface area contributed by atoms with Crippen molar-refractivity contribution in [2.45, 2.75) is 6.10 Å². The molecular weight excluding hydrogens is 310 g/mol. The Hall–Kier alpha value is -0.910. The maximum Gasteiger partial charge on any atom is 0.124 e. The van der Waals surface area contributed by atoms with Crippen LogP contribution in [0.3, 0.4) is 0 Å². The molecule has 17 heavy (non-hydrogen) atoms. The number of benzene rings is 1. The third kappa shape index (κ3) is 2.36. The molecule has 90 valence electrons. The summed E-state index contributed by atoms with van der Waals surface area (Å²) in [6, 6.07) is 3.89. The lowest BCUT2D eigenvalue weighted by Gasteiger charge is -2.13. The van der Waals surface area contributed by atoms with Gasteiger partial charge in [0, 0.05) is 17.6 Å². The van der Waals surface area contributed by atoms with Crippen LogP contribution >= 0.6 is 27.5 Å². The van der Waals surface area contributed by atoms with Gasteiger partial charge in [-0.1, -0.05) is 17.7 Å². The number of rotatable bonds is 2. The molecule has 0 saturated heterocycles. The van der Waals surface area contributed by atoms with Gasteiger partial charge in [0.2, 0.25) is 0 Å². The van der Waals surface area contributed by atoms with Crippen molar-refractivity contribution >= 4 is 27.5 Å². The Balaban J connectivity index is 2.47. The van der Waals surface area contributed by atoms with E-state index < -0.39 is 11.9 Å². The summed E-state index contributed by atoms with van der Waals surface area (Å²) in [5.74, 6) is -0.435. The molecule has 3 nitrogen and oxygen atoms in total. The Morgan fingerprint density at radius 1 is 1.53 bits per heavy atom. The number of aliphatic hydroxyl groups excluding tert-OH is 1. The van der Waals surface area contributed by atoms with Gasteiger partial charge in [-0.2, -0.15) is 5.10 Å². The van der Waals surface area contributed by atoms with Crippen LogP contribution in [0.5, 0.6) is 0 Å². The first kappa shape index (κ1) is 12.5. The molecule has 1 aromatic heterocycles. The van der Waals surface area contributed by atoms with Crippen molar-refractivity contribution < 1.29 is 9.50 Å². The van der Waals surface area contributed by atoms with Crippen LogP contribution in [-0.4, -0.2) is 14.9 Å². The van der Waals surface area contributed by atoms with Crippen LogP contribution < -0.4 is 0 Å². The maximum absolute atomic E-state index is 12.9. The van der Waals surface area contributed by atoms with Gasteiger partial charge in [-0.05, 0) is 28.1 Å². The second-order valence-electron chi connectivity index (χ2n) is 3.57. The van der Waals surface area contributed by atoms with Gasteiger partial charge in [0.05, 0.1) is 16.4 Å². The topological polar surface area (TPSA) is 38.0 Å². The van der Waals surface area contributed by atoms with Crippen LogP contribution in [0.2, 0.25) is 5.02 Å². The molecule has 1 heterocycles. The monoisotopic (exact) mass is 318 g/mol. The van der Waals surface area contributed by atoms with Gasteiger partial charge in [0.25, 0.3) is 0 Å². The molecule has 0 fully saturated rings. The first-order chi connectivity index (χ1) is 8.00. The molecule has 0 saturated carbocycles. The molecular formula is C11H9BrClFN2O. The molecule has 0 bridgehead atoms. The van der Waals surface area contributed by atoms with E-state index in [-0.39, 0.29) is 5.02 Å². The average Bonchev–Trinajstić information content (AvgIpc) is 2.58. The van der Waals surface area contributed by atoms with Crippen molar-refractivity contribution in [3.63, 3.8) is 0 Å². The largest absolute Gasteiger partial charge is 0.382 e. The summed E-state index contributed by atoms with van der Waals surface area (Å²) in [7, 11) is 1.71. The summed E-state index contributed by atoms with van der Waals surface area (Å²) < 4.78 is 15.1. The molecule has 1 N–H and O–H groups in total. The zero-order valence-electron chi connectivity index (χ0n) is 8.86. The zero-order valence-corrected chi connectivity index (χ0v) is 11.2. The molecule has 2 aromatic rings. The van der Waals surface area contributed by atoms with Gasteiger partial charge in [-0.3, -0.25) is 4.68 Å². The molecule has 1 atom stereocenters. The normalized spacial score (nSPS) is 12.8. The summed E-state index contributed by atoms with van der Waals surface area (Å²) in [6.45, 7) is 0. The van der Waals surface area contributed by atoms with Gasteiger partial charge < -0.3 is 5.11 Å². The summed E-state index contributed by atoms with van der Waals surface area (Å²) in [5, 5.41) is 14.4. The highest BCUT2D eigenvalue weighted by Gasteiger charge is 2.20. The van der Waals surface area contributed by atoms with Crippen LogP contribution in [0.25, 0.3) is 0 Å². The number of halogens is 3.